The Hall–Kier alpha value is -1.59. The summed E-state index contributed by atoms with van der Waals surface area (Å²) in [6.07, 6.45) is 0. The Morgan fingerprint density at radius 2 is 2.21 bits per heavy atom. The van der Waals surface area contributed by atoms with Crippen LogP contribution in [0.4, 0.5) is 5.82 Å². The van der Waals surface area contributed by atoms with Crippen molar-refractivity contribution in [2.75, 3.05) is 19.4 Å². The minimum Gasteiger partial charge on any atom is -0.373 e. The fourth-order valence-corrected chi connectivity index (χ4v) is 2.77. The van der Waals surface area contributed by atoms with E-state index in [1.807, 2.05) is 24.3 Å². The summed E-state index contributed by atoms with van der Waals surface area (Å²) in [5.74, 6) is 0.569. The second-order valence-electron chi connectivity index (χ2n) is 4.03. The Morgan fingerprint density at radius 1 is 1.42 bits per heavy atom. The second-order valence-corrected chi connectivity index (χ2v) is 5.82. The van der Waals surface area contributed by atoms with Gasteiger partial charge in [0.05, 0.1) is 10.9 Å². The van der Waals surface area contributed by atoms with Gasteiger partial charge in [0.1, 0.15) is 11.5 Å². The van der Waals surface area contributed by atoms with Crippen molar-refractivity contribution in [3.8, 4) is 0 Å². The van der Waals surface area contributed by atoms with Gasteiger partial charge in [-0.2, -0.15) is 0 Å². The number of nitrogens with one attached hydrogen (secondary N) is 1. The van der Waals surface area contributed by atoms with Crippen LogP contribution in [-0.4, -0.2) is 29.9 Å². The molecule has 4 nitrogen and oxygen atoms in total. The predicted molar refractivity (Wildman–Crippen MR) is 78.9 cm³/mol. The third-order valence-corrected chi connectivity index (χ3v) is 3.81. The van der Waals surface area contributed by atoms with Crippen LogP contribution in [0.15, 0.2) is 30.3 Å². The highest BCUT2D eigenvalue weighted by Gasteiger charge is 2.14. The fourth-order valence-electron chi connectivity index (χ4n) is 1.63. The van der Waals surface area contributed by atoms with Crippen LogP contribution in [0.3, 0.4) is 0 Å². The van der Waals surface area contributed by atoms with Crippen LogP contribution in [0, 0.1) is 0 Å². The van der Waals surface area contributed by atoms with Crippen LogP contribution in [0.2, 0.25) is 4.34 Å². The number of halogens is 1. The zero-order chi connectivity index (χ0) is 13.8. The van der Waals surface area contributed by atoms with Crippen molar-refractivity contribution in [3.05, 3.63) is 45.2 Å². The SMILES string of the molecule is CNc1cccc(C(=O)N(C)Cc2ccc(Cl)s2)n1. The zero-order valence-electron chi connectivity index (χ0n) is 10.7. The van der Waals surface area contributed by atoms with Crippen molar-refractivity contribution in [2.24, 2.45) is 0 Å². The third kappa shape index (κ3) is 3.45. The highest BCUT2D eigenvalue weighted by Crippen LogP contribution is 2.22. The maximum atomic E-state index is 12.2. The van der Waals surface area contributed by atoms with Gasteiger partial charge in [0.25, 0.3) is 5.91 Å². The van der Waals surface area contributed by atoms with Crippen LogP contribution >= 0.6 is 22.9 Å². The Morgan fingerprint density at radius 3 is 2.84 bits per heavy atom. The average Bonchev–Trinajstić information content (AvgIpc) is 2.83. The van der Waals surface area contributed by atoms with E-state index >= 15 is 0 Å². The molecular weight excluding hydrogens is 282 g/mol. The minimum atomic E-state index is -0.110. The van der Waals surface area contributed by atoms with Gasteiger partial charge in [0.15, 0.2) is 0 Å². The number of rotatable bonds is 4. The number of hydrogen-bond acceptors (Lipinski definition) is 4. The Balaban J connectivity index is 2.09. The molecule has 0 radical (unpaired) electrons. The predicted octanol–water partition coefficient (Wildman–Crippen LogP) is 3.11. The molecule has 0 aliphatic rings. The standard InChI is InChI=1S/C13H14ClN3OS/c1-15-12-5-3-4-10(16-12)13(18)17(2)8-9-6-7-11(14)19-9/h3-7H,8H2,1-2H3,(H,15,16). The van der Waals surface area contributed by atoms with Crippen LogP contribution < -0.4 is 5.32 Å². The molecule has 6 heteroatoms. The summed E-state index contributed by atoms with van der Waals surface area (Å²) in [5.41, 5.74) is 0.428. The summed E-state index contributed by atoms with van der Waals surface area (Å²) in [4.78, 5) is 19.1. The van der Waals surface area contributed by atoms with E-state index in [0.717, 1.165) is 9.21 Å². The van der Waals surface area contributed by atoms with E-state index in [2.05, 4.69) is 10.3 Å². The monoisotopic (exact) mass is 295 g/mol. The number of carbonyl (C=O) groups is 1. The van der Waals surface area contributed by atoms with Crippen LogP contribution in [0.5, 0.6) is 0 Å². The molecule has 19 heavy (non-hydrogen) atoms. The van der Waals surface area contributed by atoms with E-state index in [1.165, 1.54) is 11.3 Å². The number of anilines is 1. The molecule has 0 unspecified atom stereocenters. The minimum absolute atomic E-state index is 0.110. The highest BCUT2D eigenvalue weighted by molar-refractivity contribution is 7.16. The summed E-state index contributed by atoms with van der Waals surface area (Å²) in [5, 5.41) is 2.92. The molecule has 0 aromatic carbocycles. The summed E-state index contributed by atoms with van der Waals surface area (Å²) < 4.78 is 0.728. The van der Waals surface area contributed by atoms with E-state index in [0.29, 0.717) is 18.1 Å². The van der Waals surface area contributed by atoms with E-state index in [1.54, 1.807) is 25.1 Å². The lowest BCUT2D eigenvalue weighted by atomic mass is 10.3. The van der Waals surface area contributed by atoms with Crippen molar-refractivity contribution < 1.29 is 4.79 Å². The highest BCUT2D eigenvalue weighted by atomic mass is 35.5. The average molecular weight is 296 g/mol. The van der Waals surface area contributed by atoms with Gasteiger partial charge in [-0.25, -0.2) is 4.98 Å². The number of carbonyl (C=O) groups excluding carboxylic acids is 1. The zero-order valence-corrected chi connectivity index (χ0v) is 12.3. The van der Waals surface area contributed by atoms with Crippen molar-refractivity contribution in [1.29, 1.82) is 0 Å². The van der Waals surface area contributed by atoms with Crippen molar-refractivity contribution in [1.82, 2.24) is 9.88 Å². The summed E-state index contributed by atoms with van der Waals surface area (Å²) in [7, 11) is 3.53. The molecule has 2 heterocycles. The Labute approximate surface area is 121 Å². The third-order valence-electron chi connectivity index (χ3n) is 2.59. The molecule has 1 N–H and O–H groups in total. The molecule has 1 amide bonds. The van der Waals surface area contributed by atoms with E-state index < -0.39 is 0 Å². The Kier molecular flexibility index (Phi) is 4.39. The Bertz CT molecular complexity index is 585. The van der Waals surface area contributed by atoms with Gasteiger partial charge >= 0.3 is 0 Å². The number of pyridine rings is 1. The van der Waals surface area contributed by atoms with E-state index in [-0.39, 0.29) is 5.91 Å². The van der Waals surface area contributed by atoms with Crippen molar-refractivity contribution in [2.45, 2.75) is 6.54 Å². The molecule has 0 aliphatic carbocycles. The maximum Gasteiger partial charge on any atom is 0.272 e. The van der Waals surface area contributed by atoms with Gasteiger partial charge in [-0.15, -0.1) is 11.3 Å². The molecule has 0 aliphatic heterocycles. The van der Waals surface area contributed by atoms with Gasteiger partial charge in [-0.3, -0.25) is 4.79 Å². The summed E-state index contributed by atoms with van der Waals surface area (Å²) in [6, 6.07) is 9.09. The molecular formula is C13H14ClN3OS. The molecule has 2 rings (SSSR count). The number of nitrogens with zero attached hydrogens (tertiary/aromatic N) is 2. The number of amides is 1. The van der Waals surface area contributed by atoms with Crippen LogP contribution in [0.1, 0.15) is 15.4 Å². The van der Waals surface area contributed by atoms with Gasteiger partial charge < -0.3 is 10.2 Å². The molecule has 0 saturated heterocycles. The smallest absolute Gasteiger partial charge is 0.272 e. The lowest BCUT2D eigenvalue weighted by molar-refractivity contribution is 0.0781. The first-order valence-electron chi connectivity index (χ1n) is 5.74. The molecule has 0 atom stereocenters. The van der Waals surface area contributed by atoms with Crippen molar-refractivity contribution in [3.63, 3.8) is 0 Å². The second kappa shape index (κ2) is 6.04. The molecule has 0 spiro atoms. The lowest BCUT2D eigenvalue weighted by Gasteiger charge is -2.16. The molecule has 0 bridgehead atoms. The number of thiophene rings is 1. The normalized spacial score (nSPS) is 10.3. The van der Waals surface area contributed by atoms with E-state index in [4.69, 9.17) is 11.6 Å². The van der Waals surface area contributed by atoms with Gasteiger partial charge in [0, 0.05) is 19.0 Å². The van der Waals surface area contributed by atoms with Gasteiger partial charge in [0.2, 0.25) is 0 Å². The summed E-state index contributed by atoms with van der Waals surface area (Å²) >= 11 is 7.35. The van der Waals surface area contributed by atoms with Crippen LogP contribution in [0.25, 0.3) is 0 Å². The van der Waals surface area contributed by atoms with Crippen LogP contribution in [-0.2, 0) is 6.54 Å². The maximum absolute atomic E-state index is 12.2. The van der Waals surface area contributed by atoms with Crippen molar-refractivity contribution >= 4 is 34.7 Å². The topological polar surface area (TPSA) is 45.2 Å². The fraction of sp³-hybridized carbons (Fsp3) is 0.231. The molecule has 0 fully saturated rings. The van der Waals surface area contributed by atoms with E-state index in [9.17, 15) is 4.79 Å². The first-order chi connectivity index (χ1) is 9.10. The number of hydrogen-bond donors (Lipinski definition) is 1. The van der Waals surface area contributed by atoms with Gasteiger partial charge in [-0.1, -0.05) is 17.7 Å². The number of aromatic nitrogens is 1. The first-order valence-corrected chi connectivity index (χ1v) is 6.94. The first kappa shape index (κ1) is 13.8. The lowest BCUT2D eigenvalue weighted by Crippen LogP contribution is -2.26. The quantitative estimate of drug-likeness (QED) is 0.942. The molecule has 2 aromatic rings. The molecule has 100 valence electrons. The van der Waals surface area contributed by atoms with Gasteiger partial charge in [-0.05, 0) is 24.3 Å². The molecule has 2 aromatic heterocycles. The molecule has 0 saturated carbocycles. The largest absolute Gasteiger partial charge is 0.373 e. The summed E-state index contributed by atoms with van der Waals surface area (Å²) in [6.45, 7) is 0.529.